The first-order valence-electron chi connectivity index (χ1n) is 13.1. The van der Waals surface area contributed by atoms with Gasteiger partial charge in [0.05, 0.1) is 13.8 Å². The Morgan fingerprint density at radius 1 is 0.884 bits per heavy atom. The zero-order chi connectivity index (χ0) is 30.1. The molecule has 0 amide bonds. The Bertz CT molecular complexity index is 1700. The third-order valence-electron chi connectivity index (χ3n) is 6.09. The number of hydrogen-bond acceptors (Lipinski definition) is 5. The van der Waals surface area contributed by atoms with Crippen molar-refractivity contribution in [3.8, 4) is 34.3 Å². The van der Waals surface area contributed by atoms with Crippen LogP contribution < -0.4 is 14.7 Å². The fourth-order valence-corrected chi connectivity index (χ4v) is 4.81. The molecule has 6 aromatic rings. The molecule has 8 nitrogen and oxygen atoms in total. The van der Waals surface area contributed by atoms with Gasteiger partial charge in [-0.3, -0.25) is 9.97 Å². The van der Waals surface area contributed by atoms with Gasteiger partial charge in [0.1, 0.15) is 18.9 Å². The van der Waals surface area contributed by atoms with Crippen molar-refractivity contribution in [3.63, 3.8) is 0 Å². The van der Waals surface area contributed by atoms with Gasteiger partial charge in [0.25, 0.3) is 0 Å². The molecule has 6 aromatic heterocycles. The van der Waals surface area contributed by atoms with Crippen LogP contribution in [0.3, 0.4) is 0 Å². The van der Waals surface area contributed by atoms with Crippen molar-refractivity contribution < 1.29 is 33.5 Å². The number of halogens is 2. The zero-order valence-electron chi connectivity index (χ0n) is 24.4. The molecule has 0 N–H and O–H groups in total. The van der Waals surface area contributed by atoms with Gasteiger partial charge in [0, 0.05) is 64.1 Å². The van der Waals surface area contributed by atoms with E-state index in [0.717, 1.165) is 23.3 Å². The van der Waals surface area contributed by atoms with Crippen LogP contribution in [0.1, 0.15) is 0 Å². The third kappa shape index (κ3) is 9.11. The fourth-order valence-electron chi connectivity index (χ4n) is 3.77. The molecule has 0 atom stereocenters. The van der Waals surface area contributed by atoms with Gasteiger partial charge in [-0.2, -0.15) is 4.57 Å². The van der Waals surface area contributed by atoms with Crippen molar-refractivity contribution in [1.29, 1.82) is 0 Å². The fraction of sp³-hybridized carbons (Fsp3) is 0.161. The zero-order valence-corrected chi connectivity index (χ0v) is 27.8. The summed E-state index contributed by atoms with van der Waals surface area (Å²) < 4.78 is 30.2. The van der Waals surface area contributed by atoms with Gasteiger partial charge >= 0.3 is 0 Å². The summed E-state index contributed by atoms with van der Waals surface area (Å²) in [6.45, 7) is 6.61. The summed E-state index contributed by atoms with van der Waals surface area (Å²) in [4.78, 5) is 23.7. The van der Waals surface area contributed by atoms with E-state index in [0.29, 0.717) is 11.5 Å². The Hall–Kier alpha value is -4.25. The number of aromatic nitrogens is 8. The standard InChI is InChI=1S/C13H13F2N2Si.C10H12N3.C8H6N3.Ir/c1-18(2,3)9-4-6-11(16-8-9)10-5-7-12(14)17-13(10)15;1-12-7-4-3-5-9(12)10-11-6-8-13(10)2;1-2-4-9-7(3-1)8-10-5-6-11-8;/h4,6-8H,1-3H3;3-8H,1-2H3;1-6H;/q-1;+1;-1;. The maximum atomic E-state index is 13.5. The average Bonchev–Trinajstić information content (AvgIpc) is 3.67. The van der Waals surface area contributed by atoms with Crippen molar-refractivity contribution >= 4 is 13.3 Å². The summed E-state index contributed by atoms with van der Waals surface area (Å²) in [5.74, 6) is -0.0908. The predicted octanol–water partition coefficient (Wildman–Crippen LogP) is 4.78. The van der Waals surface area contributed by atoms with E-state index in [1.54, 1.807) is 30.9 Å². The van der Waals surface area contributed by atoms with Crippen molar-refractivity contribution in [2.75, 3.05) is 0 Å². The van der Waals surface area contributed by atoms with Crippen molar-refractivity contribution in [3.05, 3.63) is 116 Å². The maximum absolute atomic E-state index is 13.5. The van der Waals surface area contributed by atoms with Gasteiger partial charge in [0.2, 0.25) is 11.5 Å². The number of hydrogen-bond donors (Lipinski definition) is 0. The number of nitrogens with zero attached hydrogens (tertiary/aromatic N) is 8. The summed E-state index contributed by atoms with van der Waals surface area (Å²) in [5.41, 5.74) is 2.45. The molecule has 0 aromatic carbocycles. The molecule has 223 valence electrons. The molecule has 0 fully saturated rings. The van der Waals surface area contributed by atoms with E-state index in [-0.39, 0.29) is 25.7 Å². The molecule has 12 heteroatoms. The minimum absolute atomic E-state index is 0. The smallest absolute Gasteiger partial charge is 0.248 e. The number of imidazole rings is 2. The van der Waals surface area contributed by atoms with Crippen LogP contribution in [0.25, 0.3) is 34.3 Å². The van der Waals surface area contributed by atoms with E-state index in [2.05, 4.69) is 66.2 Å². The third-order valence-corrected chi connectivity index (χ3v) is 8.12. The second kappa shape index (κ2) is 15.3. The maximum Gasteiger partial charge on any atom is 0.248 e. The molecule has 43 heavy (non-hydrogen) atoms. The molecule has 0 spiro atoms. The van der Waals surface area contributed by atoms with E-state index in [9.17, 15) is 8.78 Å². The predicted molar refractivity (Wildman–Crippen MR) is 160 cm³/mol. The summed E-state index contributed by atoms with van der Waals surface area (Å²) in [6, 6.07) is 18.9. The van der Waals surface area contributed by atoms with E-state index in [1.807, 2.05) is 73.7 Å². The van der Waals surface area contributed by atoms with Crippen LogP contribution in [0.4, 0.5) is 8.78 Å². The van der Waals surface area contributed by atoms with Crippen molar-refractivity contribution in [2.24, 2.45) is 14.1 Å². The Morgan fingerprint density at radius 3 is 2.23 bits per heavy atom. The molecule has 0 aliphatic heterocycles. The molecule has 0 bridgehead atoms. The van der Waals surface area contributed by atoms with Crippen LogP contribution in [0.15, 0.2) is 98.0 Å². The Morgan fingerprint density at radius 2 is 1.67 bits per heavy atom. The Kier molecular flexibility index (Phi) is 11.8. The van der Waals surface area contributed by atoms with Gasteiger partial charge in [-0.1, -0.05) is 61.9 Å². The monoisotopic (exact) mass is 774 g/mol. The van der Waals surface area contributed by atoms with Crippen LogP contribution in [-0.4, -0.2) is 37.6 Å². The molecule has 0 aliphatic rings. The van der Waals surface area contributed by atoms with Gasteiger partial charge in [-0.05, 0) is 34.9 Å². The van der Waals surface area contributed by atoms with Crippen LogP contribution >= 0.6 is 0 Å². The summed E-state index contributed by atoms with van der Waals surface area (Å²) in [7, 11) is 2.59. The Balaban J connectivity index is 0.000000180. The summed E-state index contributed by atoms with van der Waals surface area (Å²) >= 11 is 0. The van der Waals surface area contributed by atoms with E-state index in [1.165, 1.54) is 5.19 Å². The van der Waals surface area contributed by atoms with Gasteiger partial charge in [0.15, 0.2) is 6.20 Å². The molecule has 0 aliphatic carbocycles. The minimum Gasteiger partial charge on any atom is -0.441 e. The topological polar surface area (TPSA) is 87.4 Å². The van der Waals surface area contributed by atoms with E-state index >= 15 is 0 Å². The first kappa shape index (κ1) is 33.3. The summed E-state index contributed by atoms with van der Waals surface area (Å²) in [6.07, 6.45) is 12.6. The molecular weight excluding hydrogens is 743 g/mol. The molecule has 0 unspecified atom stereocenters. The second-order valence-electron chi connectivity index (χ2n) is 10.2. The molecule has 6 rings (SSSR count). The van der Waals surface area contributed by atoms with Gasteiger partial charge < -0.3 is 19.5 Å². The molecule has 0 saturated heterocycles. The number of pyridine rings is 4. The van der Waals surface area contributed by atoms with E-state index in [4.69, 9.17) is 0 Å². The largest absolute Gasteiger partial charge is 0.441 e. The summed E-state index contributed by atoms with van der Waals surface area (Å²) in [5, 5.41) is 1.18. The van der Waals surface area contributed by atoms with Crippen LogP contribution in [-0.2, 0) is 34.2 Å². The Labute approximate surface area is 264 Å². The van der Waals surface area contributed by atoms with Crippen LogP contribution in [0.5, 0.6) is 0 Å². The number of aryl methyl sites for hydroxylation is 2. The quantitative estimate of drug-likeness (QED) is 0.111. The van der Waals surface area contributed by atoms with E-state index < -0.39 is 20.0 Å². The minimum atomic E-state index is -1.42. The van der Waals surface area contributed by atoms with Crippen LogP contribution in [0, 0.1) is 18.0 Å². The average molecular weight is 774 g/mol. The molecule has 6 heterocycles. The van der Waals surface area contributed by atoms with Crippen molar-refractivity contribution in [1.82, 2.24) is 34.5 Å². The van der Waals surface area contributed by atoms with Gasteiger partial charge in [-0.15, -0.1) is 6.07 Å². The first-order chi connectivity index (χ1) is 20.1. The number of rotatable bonds is 4. The van der Waals surface area contributed by atoms with Crippen LogP contribution in [0.2, 0.25) is 19.6 Å². The SMILES string of the molecule is C[Si](C)(C)c1ccc(-c2[c-]cc(F)nc2F)nc1.Cn1ccnc1-c1cccc[n+]1C.[Ir].c1ccc(-c2ncc[n-]2)nc1. The molecule has 1 radical (unpaired) electrons. The van der Waals surface area contributed by atoms with Crippen molar-refractivity contribution in [2.45, 2.75) is 19.6 Å². The first-order valence-corrected chi connectivity index (χ1v) is 16.6. The second-order valence-corrected chi connectivity index (χ2v) is 15.3. The normalized spacial score (nSPS) is 10.5. The molecule has 0 saturated carbocycles. The molecular formula is C31H31F2IrN8Si-. The van der Waals surface area contributed by atoms with Gasteiger partial charge in [-0.25, -0.2) is 13.8 Å².